The van der Waals surface area contributed by atoms with Crippen LogP contribution in [0, 0.1) is 5.92 Å². The van der Waals surface area contributed by atoms with Gasteiger partial charge in [-0.2, -0.15) is 0 Å². The average molecular weight is 440 g/mol. The largest absolute Gasteiger partial charge is 0.481 e. The van der Waals surface area contributed by atoms with Gasteiger partial charge in [0.15, 0.2) is 9.84 Å². The van der Waals surface area contributed by atoms with Crippen LogP contribution < -0.4 is 10.7 Å². The minimum Gasteiger partial charge on any atom is -0.481 e. The number of hydrazine groups is 1. The molecule has 158 valence electrons. The lowest BCUT2D eigenvalue weighted by atomic mass is 9.88. The average Bonchev–Trinajstić information content (AvgIpc) is 3.27. The number of nitrogens with one attached hydrogen (secondary N) is 2. The Balaban J connectivity index is 1.62. The fourth-order valence-corrected chi connectivity index (χ4v) is 6.38. The molecule has 10 heteroatoms. The summed E-state index contributed by atoms with van der Waals surface area (Å²) in [5.41, 5.74) is 4.16. The molecule has 29 heavy (non-hydrogen) atoms. The molecule has 1 aromatic carbocycles. The normalized spacial score (nSPS) is 24.2. The maximum absolute atomic E-state index is 12.3. The number of rotatable bonds is 7. The summed E-state index contributed by atoms with van der Waals surface area (Å²) in [4.78, 5) is 23.3. The number of benzene rings is 1. The number of carboxylic acids is 1. The van der Waals surface area contributed by atoms with Crippen LogP contribution in [0.2, 0.25) is 0 Å². The number of urea groups is 1. The lowest BCUT2D eigenvalue weighted by Crippen LogP contribution is -2.47. The van der Waals surface area contributed by atoms with E-state index in [-0.39, 0.29) is 18.3 Å². The molecule has 8 nitrogen and oxygen atoms in total. The Bertz CT molecular complexity index is 888. The number of hydrogen-bond acceptors (Lipinski definition) is 6. The number of hydrogen-bond donors (Lipinski definition) is 3. The summed E-state index contributed by atoms with van der Waals surface area (Å²) in [7, 11) is -3.21. The highest BCUT2D eigenvalue weighted by atomic mass is 32.2. The zero-order chi connectivity index (χ0) is 21.0. The van der Waals surface area contributed by atoms with Crippen LogP contribution in [-0.4, -0.2) is 54.5 Å². The number of carboxylic acid groups (broad SMARTS) is 1. The molecule has 3 N–H and O–H groups in total. The molecule has 1 aliphatic heterocycles. The van der Waals surface area contributed by atoms with Crippen molar-refractivity contribution in [1.82, 2.24) is 15.8 Å². The number of carbonyl (C=O) groups is 2. The summed E-state index contributed by atoms with van der Waals surface area (Å²) >= 11 is 1.41. The van der Waals surface area contributed by atoms with Crippen molar-refractivity contribution in [1.29, 1.82) is 0 Å². The third kappa shape index (κ3) is 5.45. The number of amides is 2. The maximum atomic E-state index is 12.3. The number of sulfone groups is 1. The van der Waals surface area contributed by atoms with Gasteiger partial charge in [-0.15, -0.1) is 11.8 Å². The van der Waals surface area contributed by atoms with E-state index in [1.807, 2.05) is 30.3 Å². The van der Waals surface area contributed by atoms with Crippen molar-refractivity contribution >= 4 is 33.6 Å². The minimum atomic E-state index is -3.21. The van der Waals surface area contributed by atoms with Crippen LogP contribution >= 0.6 is 11.8 Å². The van der Waals surface area contributed by atoms with Crippen LogP contribution in [0.15, 0.2) is 41.4 Å². The van der Waals surface area contributed by atoms with E-state index in [0.717, 1.165) is 5.56 Å². The fourth-order valence-electron chi connectivity index (χ4n) is 4.05. The van der Waals surface area contributed by atoms with E-state index in [0.29, 0.717) is 31.0 Å². The Morgan fingerprint density at radius 1 is 1.24 bits per heavy atom. The molecule has 0 saturated heterocycles. The third-order valence-electron chi connectivity index (χ3n) is 5.33. The molecule has 1 heterocycles. The molecule has 0 radical (unpaired) electrons. The van der Waals surface area contributed by atoms with Crippen LogP contribution in [0.5, 0.6) is 0 Å². The molecule has 3 atom stereocenters. The summed E-state index contributed by atoms with van der Waals surface area (Å²) in [5.74, 6) is -0.682. The van der Waals surface area contributed by atoms with E-state index in [9.17, 15) is 18.0 Å². The fraction of sp³-hybridized carbons (Fsp3) is 0.474. The molecule has 1 aliphatic carbocycles. The van der Waals surface area contributed by atoms with Crippen molar-refractivity contribution in [2.75, 3.05) is 18.7 Å². The molecule has 1 saturated carbocycles. The van der Waals surface area contributed by atoms with E-state index in [1.54, 1.807) is 5.41 Å². The summed E-state index contributed by atoms with van der Waals surface area (Å²) in [6.45, 7) is 0.344. The van der Waals surface area contributed by atoms with Crippen molar-refractivity contribution in [3.8, 4) is 0 Å². The highest BCUT2D eigenvalue weighted by Crippen LogP contribution is 2.42. The monoisotopic (exact) mass is 439 g/mol. The molecule has 3 rings (SSSR count). The topological polar surface area (TPSA) is 116 Å². The Morgan fingerprint density at radius 2 is 1.97 bits per heavy atom. The molecular formula is C19H25N3O5S2. The van der Waals surface area contributed by atoms with E-state index in [1.165, 1.54) is 23.0 Å². The number of thioether (sulfide) groups is 1. The highest BCUT2D eigenvalue weighted by molar-refractivity contribution is 8.02. The second-order valence-corrected chi connectivity index (χ2v) is 10.5. The summed E-state index contributed by atoms with van der Waals surface area (Å²) in [6, 6.07) is 9.12. The Morgan fingerprint density at radius 3 is 2.62 bits per heavy atom. The predicted octanol–water partition coefficient (Wildman–Crippen LogP) is 2.13. The first-order chi connectivity index (χ1) is 13.8. The summed E-state index contributed by atoms with van der Waals surface area (Å²) in [5, 5.41) is 14.5. The van der Waals surface area contributed by atoms with Gasteiger partial charge in [0.25, 0.3) is 0 Å². The van der Waals surface area contributed by atoms with E-state index < -0.39 is 27.1 Å². The van der Waals surface area contributed by atoms with Gasteiger partial charge in [-0.25, -0.2) is 18.6 Å². The van der Waals surface area contributed by atoms with Crippen LogP contribution in [0.25, 0.3) is 0 Å². The Hall–Kier alpha value is -2.20. The van der Waals surface area contributed by atoms with Crippen LogP contribution in [0.1, 0.15) is 30.7 Å². The zero-order valence-electron chi connectivity index (χ0n) is 16.1. The second kappa shape index (κ2) is 9.08. The van der Waals surface area contributed by atoms with Gasteiger partial charge < -0.3 is 10.4 Å². The van der Waals surface area contributed by atoms with E-state index in [4.69, 9.17) is 5.11 Å². The quantitative estimate of drug-likeness (QED) is 0.596. The van der Waals surface area contributed by atoms with Gasteiger partial charge in [0.05, 0.1) is 23.2 Å². The Labute approximate surface area is 174 Å². The van der Waals surface area contributed by atoms with Crippen LogP contribution in [-0.2, 0) is 14.6 Å². The number of carbonyl (C=O) groups excluding carboxylic acids is 1. The molecule has 1 aromatic rings. The number of nitrogens with zero attached hydrogens (tertiary/aromatic N) is 1. The van der Waals surface area contributed by atoms with Crippen molar-refractivity contribution in [2.45, 2.75) is 30.4 Å². The van der Waals surface area contributed by atoms with Gasteiger partial charge in [-0.3, -0.25) is 9.80 Å². The summed E-state index contributed by atoms with van der Waals surface area (Å²) < 4.78 is 24.6. The standard InChI is InChI=1S/C19H25N3O5S2/c1-29(26,27)16-8-7-14(18(16)13-5-3-2-4-6-13)10-20-19(25)21-22-12-28-11-15(22)9-17(23)24/h2-6,11,14,16,18H,7-10,12H2,1H3,(H,23,24)(H2,20,21,25). The highest BCUT2D eigenvalue weighted by Gasteiger charge is 2.42. The van der Waals surface area contributed by atoms with Crippen molar-refractivity contribution in [2.24, 2.45) is 5.92 Å². The van der Waals surface area contributed by atoms with Crippen LogP contribution in [0.3, 0.4) is 0 Å². The van der Waals surface area contributed by atoms with Crippen LogP contribution in [0.4, 0.5) is 4.79 Å². The molecule has 2 amide bonds. The molecule has 0 aromatic heterocycles. The molecule has 1 fully saturated rings. The van der Waals surface area contributed by atoms with Crippen molar-refractivity contribution in [3.05, 3.63) is 47.0 Å². The lowest BCUT2D eigenvalue weighted by molar-refractivity contribution is -0.136. The van der Waals surface area contributed by atoms with Gasteiger partial charge in [0.1, 0.15) is 0 Å². The van der Waals surface area contributed by atoms with Gasteiger partial charge >= 0.3 is 12.0 Å². The van der Waals surface area contributed by atoms with Crippen molar-refractivity contribution < 1.29 is 23.1 Å². The predicted molar refractivity (Wildman–Crippen MR) is 112 cm³/mol. The first-order valence-corrected chi connectivity index (χ1v) is 12.3. The summed E-state index contributed by atoms with van der Waals surface area (Å²) in [6.07, 6.45) is 2.39. The van der Waals surface area contributed by atoms with Crippen molar-refractivity contribution in [3.63, 3.8) is 0 Å². The SMILES string of the molecule is CS(=O)(=O)C1CCC(CNC(=O)NN2CSC=C2CC(=O)O)C1c1ccccc1. The molecular weight excluding hydrogens is 414 g/mol. The van der Waals surface area contributed by atoms with Gasteiger partial charge in [-0.1, -0.05) is 30.3 Å². The second-order valence-electron chi connectivity index (χ2n) is 7.37. The van der Waals surface area contributed by atoms with E-state index in [2.05, 4.69) is 10.7 Å². The first kappa shape index (κ1) is 21.5. The molecule has 0 spiro atoms. The van der Waals surface area contributed by atoms with Gasteiger partial charge in [0, 0.05) is 18.7 Å². The minimum absolute atomic E-state index is 0.00450. The number of aliphatic carboxylic acids is 1. The maximum Gasteiger partial charge on any atom is 0.333 e. The smallest absolute Gasteiger partial charge is 0.333 e. The third-order valence-corrected chi connectivity index (χ3v) is 7.80. The zero-order valence-corrected chi connectivity index (χ0v) is 17.7. The van der Waals surface area contributed by atoms with E-state index >= 15 is 0 Å². The first-order valence-electron chi connectivity index (χ1n) is 9.34. The molecule has 2 aliphatic rings. The van der Waals surface area contributed by atoms with Gasteiger partial charge in [-0.05, 0) is 29.7 Å². The van der Waals surface area contributed by atoms with Gasteiger partial charge in [0.2, 0.25) is 0 Å². The lowest BCUT2D eigenvalue weighted by Gasteiger charge is -2.26. The Kier molecular flexibility index (Phi) is 6.74. The molecule has 3 unspecified atom stereocenters. The molecule has 0 bridgehead atoms.